The van der Waals surface area contributed by atoms with Gasteiger partial charge >= 0.3 is 0 Å². The first-order valence-electron chi connectivity index (χ1n) is 8.48. The highest BCUT2D eigenvalue weighted by Gasteiger charge is 2.53. The van der Waals surface area contributed by atoms with E-state index in [9.17, 15) is 13.2 Å². The van der Waals surface area contributed by atoms with Crippen LogP contribution in [-0.2, 0) is 14.6 Å². The second-order valence-corrected chi connectivity index (χ2v) is 9.37. The monoisotopic (exact) mass is 406 g/mol. The lowest BCUT2D eigenvalue weighted by Crippen LogP contribution is -2.56. The van der Waals surface area contributed by atoms with Crippen LogP contribution in [0.15, 0.2) is 29.2 Å². The summed E-state index contributed by atoms with van der Waals surface area (Å²) in [5.41, 5.74) is 0. The summed E-state index contributed by atoms with van der Waals surface area (Å²) in [4.78, 5) is 13.2. The quantitative estimate of drug-likeness (QED) is 0.805. The van der Waals surface area contributed by atoms with Crippen LogP contribution in [0.1, 0.15) is 38.5 Å². The standard InChI is InChI=1S/C17H23ClN2O3S.ClH/c18-13-5-7-15(8-6-13)24(22,23)17(9-1-2-10-17)16(21)20-14-4-3-11-19-12-14;/h5-8,14,19H,1-4,9-12H2,(H,20,21);1H. The van der Waals surface area contributed by atoms with E-state index < -0.39 is 14.6 Å². The highest BCUT2D eigenvalue weighted by atomic mass is 35.5. The van der Waals surface area contributed by atoms with Crippen molar-refractivity contribution in [3.63, 3.8) is 0 Å². The minimum absolute atomic E-state index is 0. The molecule has 1 heterocycles. The van der Waals surface area contributed by atoms with E-state index in [1.54, 1.807) is 12.1 Å². The normalized spacial score (nSPS) is 22.8. The van der Waals surface area contributed by atoms with Gasteiger partial charge in [-0.25, -0.2) is 8.42 Å². The molecule has 0 spiro atoms. The van der Waals surface area contributed by atoms with E-state index in [-0.39, 0.29) is 29.3 Å². The fraction of sp³-hybridized carbons (Fsp3) is 0.588. The van der Waals surface area contributed by atoms with E-state index in [4.69, 9.17) is 11.6 Å². The highest BCUT2D eigenvalue weighted by molar-refractivity contribution is 7.93. The molecule has 8 heteroatoms. The summed E-state index contributed by atoms with van der Waals surface area (Å²) in [6.45, 7) is 1.64. The Morgan fingerprint density at radius 2 is 1.80 bits per heavy atom. The number of benzene rings is 1. The molecule has 2 N–H and O–H groups in total. The van der Waals surface area contributed by atoms with Crippen LogP contribution in [0.4, 0.5) is 0 Å². The van der Waals surface area contributed by atoms with Crippen LogP contribution in [0.5, 0.6) is 0 Å². The number of carbonyl (C=O) groups excluding carboxylic acids is 1. The number of hydrogen-bond acceptors (Lipinski definition) is 4. The first-order chi connectivity index (χ1) is 11.5. The Morgan fingerprint density at radius 3 is 2.36 bits per heavy atom. The van der Waals surface area contributed by atoms with Crippen LogP contribution in [-0.4, -0.2) is 38.2 Å². The summed E-state index contributed by atoms with van der Waals surface area (Å²) in [5, 5.41) is 6.70. The molecule has 1 aromatic carbocycles. The van der Waals surface area contributed by atoms with Crippen molar-refractivity contribution in [3.05, 3.63) is 29.3 Å². The van der Waals surface area contributed by atoms with Crippen molar-refractivity contribution < 1.29 is 13.2 Å². The summed E-state index contributed by atoms with van der Waals surface area (Å²) in [5.74, 6) is -0.344. The number of amides is 1. The van der Waals surface area contributed by atoms with Gasteiger partial charge in [0.25, 0.3) is 0 Å². The Morgan fingerprint density at radius 1 is 1.16 bits per heavy atom. The van der Waals surface area contributed by atoms with Gasteiger partial charge in [0.2, 0.25) is 5.91 Å². The second kappa shape index (κ2) is 8.25. The van der Waals surface area contributed by atoms with E-state index >= 15 is 0 Å². The number of piperidine rings is 1. The van der Waals surface area contributed by atoms with Crippen LogP contribution in [0, 0.1) is 0 Å². The second-order valence-electron chi connectivity index (χ2n) is 6.68. The molecule has 2 fully saturated rings. The van der Waals surface area contributed by atoms with Gasteiger partial charge in [0, 0.05) is 17.6 Å². The molecule has 1 atom stereocenters. The van der Waals surface area contributed by atoms with Gasteiger partial charge in [0.1, 0.15) is 0 Å². The Bertz CT molecular complexity index is 695. The number of carbonyl (C=O) groups is 1. The average Bonchev–Trinajstić information content (AvgIpc) is 3.08. The fourth-order valence-electron chi connectivity index (χ4n) is 3.70. The van der Waals surface area contributed by atoms with Gasteiger partial charge in [-0.2, -0.15) is 0 Å². The van der Waals surface area contributed by atoms with Crippen LogP contribution in [0.2, 0.25) is 5.02 Å². The molecule has 3 rings (SSSR count). The van der Waals surface area contributed by atoms with Gasteiger partial charge < -0.3 is 10.6 Å². The van der Waals surface area contributed by atoms with Crippen molar-refractivity contribution in [3.8, 4) is 0 Å². The van der Waals surface area contributed by atoms with Gasteiger partial charge in [-0.1, -0.05) is 24.4 Å². The lowest BCUT2D eigenvalue weighted by Gasteiger charge is -2.31. The maximum absolute atomic E-state index is 13.2. The molecular formula is C17H24Cl2N2O3S. The van der Waals surface area contributed by atoms with Crippen molar-refractivity contribution in [1.82, 2.24) is 10.6 Å². The smallest absolute Gasteiger partial charge is 0.242 e. The third-order valence-corrected chi connectivity index (χ3v) is 7.86. The third kappa shape index (κ3) is 3.97. The predicted molar refractivity (Wildman–Crippen MR) is 101 cm³/mol. The molecule has 2 aliphatic rings. The first-order valence-corrected chi connectivity index (χ1v) is 10.3. The molecule has 0 radical (unpaired) electrons. The Hall–Kier alpha value is -0.820. The third-order valence-electron chi connectivity index (χ3n) is 5.10. The van der Waals surface area contributed by atoms with Crippen LogP contribution < -0.4 is 10.6 Å². The van der Waals surface area contributed by atoms with Crippen LogP contribution in [0.3, 0.4) is 0 Å². The van der Waals surface area contributed by atoms with Crippen molar-refractivity contribution in [1.29, 1.82) is 0 Å². The number of sulfone groups is 1. The number of rotatable bonds is 4. The topological polar surface area (TPSA) is 75.3 Å². The lowest BCUT2D eigenvalue weighted by molar-refractivity contribution is -0.124. The fourth-order valence-corrected chi connectivity index (χ4v) is 5.90. The largest absolute Gasteiger partial charge is 0.351 e. The molecule has 1 aromatic rings. The van der Waals surface area contributed by atoms with Crippen molar-refractivity contribution >= 4 is 39.8 Å². The summed E-state index contributed by atoms with van der Waals surface area (Å²) >= 11 is 5.87. The van der Waals surface area contributed by atoms with E-state index in [0.29, 0.717) is 24.4 Å². The molecule has 5 nitrogen and oxygen atoms in total. The van der Waals surface area contributed by atoms with Gasteiger partial charge in [0.05, 0.1) is 4.90 Å². The molecule has 1 saturated carbocycles. The van der Waals surface area contributed by atoms with Gasteiger partial charge in [-0.15, -0.1) is 12.4 Å². The maximum atomic E-state index is 13.2. The van der Waals surface area contributed by atoms with E-state index in [2.05, 4.69) is 10.6 Å². The van der Waals surface area contributed by atoms with Gasteiger partial charge in [-0.05, 0) is 56.5 Å². The number of nitrogens with one attached hydrogen (secondary N) is 2. The van der Waals surface area contributed by atoms with Crippen molar-refractivity contribution in [2.45, 2.75) is 54.2 Å². The predicted octanol–water partition coefficient (Wildman–Crippen LogP) is 2.72. The minimum Gasteiger partial charge on any atom is -0.351 e. The molecule has 1 amide bonds. The molecule has 0 aromatic heterocycles. The van der Waals surface area contributed by atoms with Crippen LogP contribution >= 0.6 is 24.0 Å². The first kappa shape index (κ1) is 20.5. The van der Waals surface area contributed by atoms with E-state index in [1.807, 2.05) is 0 Å². The van der Waals surface area contributed by atoms with E-state index in [0.717, 1.165) is 32.2 Å². The highest BCUT2D eigenvalue weighted by Crippen LogP contribution is 2.41. The zero-order valence-corrected chi connectivity index (χ0v) is 16.4. The average molecular weight is 407 g/mol. The van der Waals surface area contributed by atoms with Crippen molar-refractivity contribution in [2.75, 3.05) is 13.1 Å². The molecule has 1 aliphatic carbocycles. The molecule has 0 bridgehead atoms. The SMILES string of the molecule is Cl.O=C(NC1CCCNC1)C1(S(=O)(=O)c2ccc(Cl)cc2)CCCC1. The van der Waals surface area contributed by atoms with E-state index in [1.165, 1.54) is 12.1 Å². The lowest BCUT2D eigenvalue weighted by atomic mass is 10.0. The summed E-state index contributed by atoms with van der Waals surface area (Å²) in [6.07, 6.45) is 4.14. The zero-order chi connectivity index (χ0) is 17.2. The molecule has 140 valence electrons. The van der Waals surface area contributed by atoms with Crippen molar-refractivity contribution in [2.24, 2.45) is 0 Å². The van der Waals surface area contributed by atoms with Crippen LogP contribution in [0.25, 0.3) is 0 Å². The molecule has 1 saturated heterocycles. The Kier molecular flexibility index (Phi) is 6.76. The minimum atomic E-state index is -3.76. The zero-order valence-electron chi connectivity index (χ0n) is 14.0. The molecular weight excluding hydrogens is 383 g/mol. The Balaban J connectivity index is 0.00000225. The molecule has 1 aliphatic heterocycles. The summed E-state index contributed by atoms with van der Waals surface area (Å²) in [6, 6.07) is 6.10. The summed E-state index contributed by atoms with van der Waals surface area (Å²) in [7, 11) is -3.76. The molecule has 25 heavy (non-hydrogen) atoms. The van der Waals surface area contributed by atoms with Gasteiger partial charge in [-0.3, -0.25) is 4.79 Å². The molecule has 1 unspecified atom stereocenters. The Labute approximate surface area is 160 Å². The maximum Gasteiger partial charge on any atom is 0.242 e. The van der Waals surface area contributed by atoms with Gasteiger partial charge in [0.15, 0.2) is 14.6 Å². The summed E-state index contributed by atoms with van der Waals surface area (Å²) < 4.78 is 25.1. The number of hydrogen-bond donors (Lipinski definition) is 2. The number of halogens is 2.